The van der Waals surface area contributed by atoms with Crippen LogP contribution in [-0.2, 0) is 13.6 Å². The molecule has 7 nitrogen and oxygen atoms in total. The number of carbonyl (C=O) groups is 1. The van der Waals surface area contributed by atoms with E-state index in [0.717, 1.165) is 5.56 Å². The lowest BCUT2D eigenvalue weighted by atomic mass is 10.1. The zero-order valence-corrected chi connectivity index (χ0v) is 14.1. The van der Waals surface area contributed by atoms with Gasteiger partial charge in [0, 0.05) is 25.4 Å². The molecule has 2 aromatic heterocycles. The highest BCUT2D eigenvalue weighted by atomic mass is 16.2. The van der Waals surface area contributed by atoms with Gasteiger partial charge >= 0.3 is 5.69 Å². The molecular weight excluding hydrogens is 318 g/mol. The Morgan fingerprint density at radius 2 is 2.04 bits per heavy atom. The van der Waals surface area contributed by atoms with Crippen LogP contribution in [0.5, 0.6) is 0 Å². The van der Waals surface area contributed by atoms with E-state index in [1.807, 2.05) is 31.2 Å². The summed E-state index contributed by atoms with van der Waals surface area (Å²) in [6, 6.07) is 12.8. The van der Waals surface area contributed by atoms with Crippen molar-refractivity contribution in [1.82, 2.24) is 24.6 Å². The number of pyridine rings is 1. The number of carbonyl (C=O) groups excluding carboxylic acids is 1. The van der Waals surface area contributed by atoms with Crippen molar-refractivity contribution in [3.8, 4) is 11.5 Å². The largest absolute Gasteiger partial charge is 0.350 e. The van der Waals surface area contributed by atoms with E-state index in [0.29, 0.717) is 23.6 Å². The summed E-state index contributed by atoms with van der Waals surface area (Å²) in [4.78, 5) is 28.6. The van der Waals surface area contributed by atoms with E-state index in [-0.39, 0.29) is 18.1 Å². The van der Waals surface area contributed by atoms with Crippen molar-refractivity contribution < 1.29 is 4.79 Å². The van der Waals surface area contributed by atoms with Crippen molar-refractivity contribution in [2.45, 2.75) is 13.5 Å². The van der Waals surface area contributed by atoms with Crippen LogP contribution in [0.1, 0.15) is 15.9 Å². The summed E-state index contributed by atoms with van der Waals surface area (Å²) in [5.74, 6) is 0.327. The molecule has 0 bridgehead atoms. The molecule has 0 atom stereocenters. The third kappa shape index (κ3) is 3.65. The molecule has 0 fully saturated rings. The van der Waals surface area contributed by atoms with E-state index in [2.05, 4.69) is 15.4 Å². The van der Waals surface area contributed by atoms with Crippen molar-refractivity contribution in [3.05, 3.63) is 70.3 Å². The maximum Gasteiger partial charge on any atom is 0.346 e. The van der Waals surface area contributed by atoms with E-state index in [1.165, 1.54) is 9.25 Å². The predicted octanol–water partition coefficient (Wildman–Crippen LogP) is 1.38. The Labute approximate surface area is 144 Å². The normalized spacial score (nSPS) is 10.6. The van der Waals surface area contributed by atoms with Crippen LogP contribution in [0.2, 0.25) is 0 Å². The number of hydrogen-bond acceptors (Lipinski definition) is 4. The monoisotopic (exact) mass is 337 g/mol. The van der Waals surface area contributed by atoms with Crippen LogP contribution < -0.4 is 11.0 Å². The summed E-state index contributed by atoms with van der Waals surface area (Å²) in [7, 11) is 1.65. The van der Waals surface area contributed by atoms with Gasteiger partial charge in [0.2, 0.25) is 0 Å². The molecule has 0 aliphatic rings. The predicted molar refractivity (Wildman–Crippen MR) is 94.2 cm³/mol. The molecule has 7 heteroatoms. The standard InChI is InChI=1S/C18H19N5O2/c1-13-6-5-7-14(12-13)17(24)20-10-11-23-18(25)22(2)16(21-23)15-8-3-4-9-19-15/h3-9,12H,10-11H2,1-2H3,(H,20,24). The Morgan fingerprint density at radius 1 is 1.20 bits per heavy atom. The van der Waals surface area contributed by atoms with Gasteiger partial charge in [-0.25, -0.2) is 9.48 Å². The number of aromatic nitrogens is 4. The van der Waals surface area contributed by atoms with E-state index < -0.39 is 0 Å². The maximum absolute atomic E-state index is 12.3. The molecule has 0 aliphatic carbocycles. The highest BCUT2D eigenvalue weighted by Crippen LogP contribution is 2.10. The van der Waals surface area contributed by atoms with E-state index in [1.54, 1.807) is 31.4 Å². The fraction of sp³-hybridized carbons (Fsp3) is 0.222. The molecule has 0 unspecified atom stereocenters. The molecule has 128 valence electrons. The number of aryl methyl sites for hydroxylation is 1. The molecule has 0 saturated carbocycles. The van der Waals surface area contributed by atoms with Crippen LogP contribution in [0.3, 0.4) is 0 Å². The van der Waals surface area contributed by atoms with Crippen LogP contribution in [0.4, 0.5) is 0 Å². The molecule has 25 heavy (non-hydrogen) atoms. The zero-order valence-electron chi connectivity index (χ0n) is 14.1. The van der Waals surface area contributed by atoms with Crippen LogP contribution >= 0.6 is 0 Å². The lowest BCUT2D eigenvalue weighted by Gasteiger charge is -2.05. The first-order valence-electron chi connectivity index (χ1n) is 7.96. The second-order valence-electron chi connectivity index (χ2n) is 5.73. The smallest absolute Gasteiger partial charge is 0.346 e. The van der Waals surface area contributed by atoms with Gasteiger partial charge in [0.1, 0.15) is 5.69 Å². The molecule has 0 spiro atoms. The molecule has 0 radical (unpaired) electrons. The SMILES string of the molecule is Cc1cccc(C(=O)NCCn2nc(-c3ccccn3)n(C)c2=O)c1. The molecule has 3 aromatic rings. The fourth-order valence-corrected chi connectivity index (χ4v) is 2.52. The van der Waals surface area contributed by atoms with Gasteiger partial charge in [-0.05, 0) is 31.2 Å². The van der Waals surface area contributed by atoms with Crippen molar-refractivity contribution in [2.75, 3.05) is 6.54 Å². The van der Waals surface area contributed by atoms with Crippen LogP contribution in [0.15, 0.2) is 53.5 Å². The summed E-state index contributed by atoms with van der Waals surface area (Å²) in [5, 5.41) is 7.12. The maximum atomic E-state index is 12.3. The van der Waals surface area contributed by atoms with Crippen molar-refractivity contribution in [1.29, 1.82) is 0 Å². The van der Waals surface area contributed by atoms with Gasteiger partial charge in [-0.2, -0.15) is 0 Å². The van der Waals surface area contributed by atoms with Crippen LogP contribution in [0, 0.1) is 6.92 Å². The van der Waals surface area contributed by atoms with Gasteiger partial charge in [0.25, 0.3) is 5.91 Å². The van der Waals surface area contributed by atoms with Gasteiger partial charge in [0.05, 0.1) is 6.54 Å². The first-order chi connectivity index (χ1) is 12.1. The Kier molecular flexibility index (Phi) is 4.74. The highest BCUT2D eigenvalue weighted by molar-refractivity contribution is 5.94. The average Bonchev–Trinajstić information content (AvgIpc) is 2.91. The lowest BCUT2D eigenvalue weighted by Crippen LogP contribution is -2.31. The minimum atomic E-state index is -0.245. The number of nitrogens with zero attached hydrogens (tertiary/aromatic N) is 4. The zero-order chi connectivity index (χ0) is 17.8. The van der Waals surface area contributed by atoms with Crippen molar-refractivity contribution >= 4 is 5.91 Å². The summed E-state index contributed by atoms with van der Waals surface area (Å²) in [6.07, 6.45) is 1.65. The van der Waals surface area contributed by atoms with Gasteiger partial charge in [-0.1, -0.05) is 23.8 Å². The summed E-state index contributed by atoms with van der Waals surface area (Å²) >= 11 is 0. The van der Waals surface area contributed by atoms with Gasteiger partial charge in [-0.15, -0.1) is 5.10 Å². The number of hydrogen-bond donors (Lipinski definition) is 1. The highest BCUT2D eigenvalue weighted by Gasteiger charge is 2.13. The number of amides is 1. The Bertz CT molecular complexity index is 944. The molecule has 0 saturated heterocycles. The van der Waals surface area contributed by atoms with Crippen molar-refractivity contribution in [2.24, 2.45) is 7.05 Å². The number of nitrogens with one attached hydrogen (secondary N) is 1. The van der Waals surface area contributed by atoms with E-state index in [4.69, 9.17) is 0 Å². The third-order valence-corrected chi connectivity index (χ3v) is 3.82. The van der Waals surface area contributed by atoms with Gasteiger partial charge in [-0.3, -0.25) is 14.3 Å². The minimum absolute atomic E-state index is 0.169. The molecule has 1 amide bonds. The first-order valence-corrected chi connectivity index (χ1v) is 7.96. The van der Waals surface area contributed by atoms with Crippen LogP contribution in [0.25, 0.3) is 11.5 Å². The van der Waals surface area contributed by atoms with Gasteiger partial charge < -0.3 is 5.32 Å². The number of benzene rings is 1. The lowest BCUT2D eigenvalue weighted by molar-refractivity contribution is 0.0951. The Balaban J connectivity index is 1.68. The summed E-state index contributed by atoms with van der Waals surface area (Å²) in [6.45, 7) is 2.53. The first kappa shape index (κ1) is 16.6. The molecular formula is C18H19N5O2. The van der Waals surface area contributed by atoms with Crippen molar-refractivity contribution in [3.63, 3.8) is 0 Å². The topological polar surface area (TPSA) is 81.8 Å². The molecule has 0 aliphatic heterocycles. The summed E-state index contributed by atoms with van der Waals surface area (Å²) < 4.78 is 2.78. The van der Waals surface area contributed by atoms with E-state index in [9.17, 15) is 9.59 Å². The number of rotatable bonds is 5. The second kappa shape index (κ2) is 7.12. The molecule has 3 rings (SSSR count). The van der Waals surface area contributed by atoms with Gasteiger partial charge in [0.15, 0.2) is 5.82 Å². The molecule has 2 heterocycles. The third-order valence-electron chi connectivity index (χ3n) is 3.82. The Hall–Kier alpha value is -3.22. The molecule has 1 N–H and O–H groups in total. The average molecular weight is 337 g/mol. The quantitative estimate of drug-likeness (QED) is 0.763. The molecule has 1 aromatic carbocycles. The minimum Gasteiger partial charge on any atom is -0.350 e. The summed E-state index contributed by atoms with van der Waals surface area (Å²) in [5.41, 5.74) is 2.01. The second-order valence-corrected chi connectivity index (χ2v) is 5.73. The van der Waals surface area contributed by atoms with Crippen LogP contribution in [-0.4, -0.2) is 31.8 Å². The fourth-order valence-electron chi connectivity index (χ4n) is 2.52. The Morgan fingerprint density at radius 3 is 2.76 bits per heavy atom. The van der Waals surface area contributed by atoms with E-state index >= 15 is 0 Å².